The lowest BCUT2D eigenvalue weighted by atomic mass is 10.1. The van der Waals surface area contributed by atoms with E-state index in [1.807, 2.05) is 12.1 Å². The SMILES string of the molecule is COc1cc2ncnc(N3CCCCC3)c2cc1OC.O=C(O)Nc1ccc(OC2CCCC2)cc1. The van der Waals surface area contributed by atoms with Crippen LogP contribution in [-0.2, 0) is 0 Å². The Morgan fingerprint density at radius 3 is 2.25 bits per heavy atom. The van der Waals surface area contributed by atoms with Crippen LogP contribution in [0.1, 0.15) is 44.9 Å². The van der Waals surface area contributed by atoms with Gasteiger partial charge in [-0.3, -0.25) is 5.32 Å². The van der Waals surface area contributed by atoms with Gasteiger partial charge in [-0.2, -0.15) is 0 Å². The molecule has 2 N–H and O–H groups in total. The summed E-state index contributed by atoms with van der Waals surface area (Å²) in [6.45, 7) is 2.11. The van der Waals surface area contributed by atoms with Crippen LogP contribution < -0.4 is 24.4 Å². The highest BCUT2D eigenvalue weighted by molar-refractivity contribution is 5.92. The second kappa shape index (κ2) is 12.3. The Morgan fingerprint density at radius 1 is 0.944 bits per heavy atom. The van der Waals surface area contributed by atoms with E-state index in [9.17, 15) is 4.79 Å². The van der Waals surface area contributed by atoms with Gasteiger partial charge in [0.05, 0.1) is 25.8 Å². The molecule has 1 aliphatic heterocycles. The molecule has 2 heterocycles. The van der Waals surface area contributed by atoms with E-state index in [0.717, 1.165) is 48.4 Å². The van der Waals surface area contributed by atoms with E-state index in [2.05, 4.69) is 20.2 Å². The number of fused-ring (bicyclic) bond motifs is 1. The normalized spacial score (nSPS) is 15.7. The summed E-state index contributed by atoms with van der Waals surface area (Å²) in [5.74, 6) is 3.22. The molecule has 1 saturated heterocycles. The van der Waals surface area contributed by atoms with E-state index in [1.54, 1.807) is 44.8 Å². The van der Waals surface area contributed by atoms with Gasteiger partial charge in [0.25, 0.3) is 0 Å². The van der Waals surface area contributed by atoms with Crippen LogP contribution in [0.15, 0.2) is 42.7 Å². The molecule has 5 rings (SSSR count). The van der Waals surface area contributed by atoms with Crippen molar-refractivity contribution in [1.29, 1.82) is 0 Å². The fourth-order valence-electron chi connectivity index (χ4n) is 4.67. The maximum atomic E-state index is 10.4. The standard InChI is InChI=1S/C15H19N3O2.C12H15NO3/c1-19-13-8-11-12(9-14(13)20-2)16-10-17-15(11)18-6-4-3-5-7-18;14-12(15)13-9-5-7-11(8-6-9)16-10-3-1-2-4-10/h8-10H,3-7H2,1-2H3;5-8,10,13H,1-4H2,(H,14,15). The number of benzene rings is 2. The van der Waals surface area contributed by atoms with Crippen molar-refractivity contribution in [2.75, 3.05) is 37.5 Å². The number of carboxylic acid groups (broad SMARTS) is 1. The lowest BCUT2D eigenvalue weighted by molar-refractivity contribution is 0.208. The molecule has 1 aliphatic carbocycles. The summed E-state index contributed by atoms with van der Waals surface area (Å²) in [5.41, 5.74) is 1.45. The molecule has 9 heteroatoms. The van der Waals surface area contributed by atoms with Gasteiger partial charge in [0.2, 0.25) is 0 Å². The van der Waals surface area contributed by atoms with Crippen LogP contribution in [0.5, 0.6) is 17.2 Å². The number of anilines is 2. The zero-order valence-corrected chi connectivity index (χ0v) is 20.9. The molecule has 2 fully saturated rings. The molecule has 0 radical (unpaired) electrons. The van der Waals surface area contributed by atoms with Crippen molar-refractivity contribution in [2.24, 2.45) is 0 Å². The Balaban J connectivity index is 0.000000174. The number of piperidine rings is 1. The Bertz CT molecular complexity index is 1140. The predicted octanol–water partition coefficient (Wildman–Crippen LogP) is 5.74. The summed E-state index contributed by atoms with van der Waals surface area (Å²) >= 11 is 0. The number of nitrogens with zero attached hydrogens (tertiary/aromatic N) is 3. The van der Waals surface area contributed by atoms with Gasteiger partial charge in [0.1, 0.15) is 17.9 Å². The van der Waals surface area contributed by atoms with Gasteiger partial charge < -0.3 is 24.2 Å². The molecule has 1 aromatic heterocycles. The number of rotatable bonds is 6. The molecule has 1 saturated carbocycles. The molecule has 36 heavy (non-hydrogen) atoms. The first kappa shape index (κ1) is 25.3. The van der Waals surface area contributed by atoms with Gasteiger partial charge in [-0.05, 0) is 75.3 Å². The smallest absolute Gasteiger partial charge is 0.409 e. The van der Waals surface area contributed by atoms with Gasteiger partial charge in [0.15, 0.2) is 11.5 Å². The number of hydrogen-bond donors (Lipinski definition) is 2. The highest BCUT2D eigenvalue weighted by Gasteiger charge is 2.18. The third kappa shape index (κ3) is 6.47. The van der Waals surface area contributed by atoms with Gasteiger partial charge in [-0.15, -0.1) is 0 Å². The highest BCUT2D eigenvalue weighted by Crippen LogP contribution is 2.35. The fraction of sp³-hybridized carbons (Fsp3) is 0.444. The Morgan fingerprint density at radius 2 is 1.61 bits per heavy atom. The van der Waals surface area contributed by atoms with Crippen LogP contribution in [0.4, 0.5) is 16.3 Å². The third-order valence-corrected chi connectivity index (χ3v) is 6.49. The molecule has 3 aromatic rings. The zero-order chi connectivity index (χ0) is 25.3. The molecule has 0 unspecified atom stereocenters. The van der Waals surface area contributed by atoms with Crippen LogP contribution in [0.25, 0.3) is 10.9 Å². The average molecular weight is 495 g/mol. The number of aromatic nitrogens is 2. The van der Waals surface area contributed by atoms with Gasteiger partial charge in [-0.1, -0.05) is 0 Å². The van der Waals surface area contributed by atoms with Crippen LogP contribution in [0, 0.1) is 0 Å². The zero-order valence-electron chi connectivity index (χ0n) is 20.9. The summed E-state index contributed by atoms with van der Waals surface area (Å²) < 4.78 is 16.5. The van der Waals surface area contributed by atoms with E-state index in [-0.39, 0.29) is 0 Å². The van der Waals surface area contributed by atoms with Crippen molar-refractivity contribution in [2.45, 2.75) is 51.0 Å². The molecule has 0 spiro atoms. The van der Waals surface area contributed by atoms with E-state index < -0.39 is 6.09 Å². The van der Waals surface area contributed by atoms with E-state index in [1.165, 1.54) is 32.1 Å². The van der Waals surface area contributed by atoms with E-state index in [0.29, 0.717) is 23.3 Å². The van der Waals surface area contributed by atoms with Crippen molar-refractivity contribution in [3.8, 4) is 17.2 Å². The topological polar surface area (TPSA) is 106 Å². The second-order valence-corrected chi connectivity index (χ2v) is 8.95. The molecule has 0 bridgehead atoms. The largest absolute Gasteiger partial charge is 0.493 e. The molecule has 2 aromatic carbocycles. The summed E-state index contributed by atoms with van der Waals surface area (Å²) in [4.78, 5) is 21.6. The van der Waals surface area contributed by atoms with Crippen molar-refractivity contribution in [3.05, 3.63) is 42.7 Å². The van der Waals surface area contributed by atoms with Crippen molar-refractivity contribution in [3.63, 3.8) is 0 Å². The molecular weight excluding hydrogens is 460 g/mol. The number of ether oxygens (including phenoxy) is 3. The van der Waals surface area contributed by atoms with Crippen LogP contribution in [0.2, 0.25) is 0 Å². The minimum atomic E-state index is -1.05. The quantitative estimate of drug-likeness (QED) is 0.447. The minimum absolute atomic E-state index is 0.332. The van der Waals surface area contributed by atoms with Gasteiger partial charge in [-0.25, -0.2) is 14.8 Å². The number of methoxy groups -OCH3 is 2. The third-order valence-electron chi connectivity index (χ3n) is 6.49. The predicted molar refractivity (Wildman–Crippen MR) is 140 cm³/mol. The average Bonchev–Trinajstić information content (AvgIpc) is 3.42. The summed E-state index contributed by atoms with van der Waals surface area (Å²) in [6.07, 6.45) is 9.37. The molecular formula is C27H34N4O5. The van der Waals surface area contributed by atoms with Crippen LogP contribution >= 0.6 is 0 Å². The fourth-order valence-corrected chi connectivity index (χ4v) is 4.67. The van der Waals surface area contributed by atoms with Crippen LogP contribution in [0.3, 0.4) is 0 Å². The van der Waals surface area contributed by atoms with Gasteiger partial charge >= 0.3 is 6.09 Å². The molecule has 0 atom stereocenters. The maximum Gasteiger partial charge on any atom is 0.409 e. The van der Waals surface area contributed by atoms with Crippen LogP contribution in [-0.4, -0.2) is 54.6 Å². The Labute approximate surface area is 211 Å². The summed E-state index contributed by atoms with van der Waals surface area (Å²) in [5, 5.41) is 11.8. The lowest BCUT2D eigenvalue weighted by Gasteiger charge is -2.28. The number of amides is 1. The number of hydrogen-bond acceptors (Lipinski definition) is 7. The molecule has 9 nitrogen and oxygen atoms in total. The number of carbonyl (C=O) groups is 1. The maximum absolute atomic E-state index is 10.4. The second-order valence-electron chi connectivity index (χ2n) is 8.95. The Hall–Kier alpha value is -3.75. The van der Waals surface area contributed by atoms with Crippen molar-refractivity contribution < 1.29 is 24.1 Å². The van der Waals surface area contributed by atoms with Crippen molar-refractivity contribution >= 4 is 28.5 Å². The lowest BCUT2D eigenvalue weighted by Crippen LogP contribution is -2.30. The first-order valence-electron chi connectivity index (χ1n) is 12.5. The first-order chi connectivity index (χ1) is 17.6. The summed E-state index contributed by atoms with van der Waals surface area (Å²) in [7, 11) is 3.28. The molecule has 2 aliphatic rings. The van der Waals surface area contributed by atoms with E-state index >= 15 is 0 Å². The highest BCUT2D eigenvalue weighted by atomic mass is 16.5. The van der Waals surface area contributed by atoms with Crippen molar-refractivity contribution in [1.82, 2.24) is 9.97 Å². The van der Waals surface area contributed by atoms with Gasteiger partial charge in [0, 0.05) is 30.2 Å². The Kier molecular flexibility index (Phi) is 8.65. The summed E-state index contributed by atoms with van der Waals surface area (Å²) in [6, 6.07) is 10.9. The number of nitrogens with one attached hydrogen (secondary N) is 1. The minimum Gasteiger partial charge on any atom is -0.493 e. The monoisotopic (exact) mass is 494 g/mol. The van der Waals surface area contributed by atoms with E-state index in [4.69, 9.17) is 19.3 Å². The first-order valence-corrected chi connectivity index (χ1v) is 12.5. The molecule has 1 amide bonds. The molecule has 192 valence electrons.